The molecule has 1 aromatic rings. The van der Waals surface area contributed by atoms with Crippen molar-refractivity contribution in [2.24, 2.45) is 0 Å². The van der Waals surface area contributed by atoms with Crippen LogP contribution in [0.1, 0.15) is 35.7 Å². The Balaban J connectivity index is 2.84. The molecule has 0 bridgehead atoms. The fraction of sp³-hybridized carbons (Fsp3) is 0.417. The molecule has 0 saturated heterocycles. The van der Waals surface area contributed by atoms with Gasteiger partial charge in [0.25, 0.3) is 0 Å². The zero-order valence-corrected chi connectivity index (χ0v) is 10.3. The lowest BCUT2D eigenvalue weighted by Crippen LogP contribution is -2.16. The number of Topliss-reactive ketones (excluding diaryl/α,β-unsaturated/α-hetero) is 1. The second-order valence-electron chi connectivity index (χ2n) is 3.76. The van der Waals surface area contributed by atoms with Crippen molar-refractivity contribution in [3.63, 3.8) is 0 Å². The van der Waals surface area contributed by atoms with E-state index in [9.17, 15) is 4.79 Å². The molecule has 1 atom stereocenters. The van der Waals surface area contributed by atoms with Gasteiger partial charge in [-0.1, -0.05) is 38.1 Å². The van der Waals surface area contributed by atoms with Crippen LogP contribution in [0.15, 0.2) is 24.3 Å². The number of hydrogen-bond acceptors (Lipinski definition) is 1. The fourth-order valence-electron chi connectivity index (χ4n) is 1.28. The van der Waals surface area contributed by atoms with Crippen LogP contribution in [0, 0.1) is 0 Å². The van der Waals surface area contributed by atoms with Crippen molar-refractivity contribution in [2.75, 3.05) is 5.88 Å². The van der Waals surface area contributed by atoms with Crippen molar-refractivity contribution < 1.29 is 4.79 Å². The quantitative estimate of drug-likeness (QED) is 0.581. The Morgan fingerprint density at radius 2 is 1.80 bits per heavy atom. The van der Waals surface area contributed by atoms with E-state index in [4.69, 9.17) is 23.2 Å². The average molecular weight is 245 g/mol. The van der Waals surface area contributed by atoms with E-state index < -0.39 is 5.38 Å². The van der Waals surface area contributed by atoms with Crippen molar-refractivity contribution >= 4 is 29.0 Å². The molecule has 0 fully saturated rings. The van der Waals surface area contributed by atoms with Crippen molar-refractivity contribution in [3.05, 3.63) is 35.4 Å². The Morgan fingerprint density at radius 3 is 2.20 bits per heavy atom. The van der Waals surface area contributed by atoms with Crippen molar-refractivity contribution in [3.8, 4) is 0 Å². The summed E-state index contributed by atoms with van der Waals surface area (Å²) in [6, 6.07) is 7.52. The summed E-state index contributed by atoms with van der Waals surface area (Å²) < 4.78 is 0. The highest BCUT2D eigenvalue weighted by molar-refractivity contribution is 6.38. The van der Waals surface area contributed by atoms with Crippen LogP contribution in [-0.4, -0.2) is 17.0 Å². The smallest absolute Gasteiger partial charge is 0.181 e. The molecule has 0 aliphatic carbocycles. The summed E-state index contributed by atoms with van der Waals surface area (Å²) in [4.78, 5) is 11.6. The molecule has 0 radical (unpaired) electrons. The minimum Gasteiger partial charge on any atom is -0.292 e. The van der Waals surface area contributed by atoms with Gasteiger partial charge in [0.15, 0.2) is 5.78 Å². The van der Waals surface area contributed by atoms with Gasteiger partial charge in [-0.3, -0.25) is 4.79 Å². The van der Waals surface area contributed by atoms with E-state index >= 15 is 0 Å². The summed E-state index contributed by atoms with van der Waals surface area (Å²) in [5.41, 5.74) is 1.84. The van der Waals surface area contributed by atoms with Crippen LogP contribution in [0.2, 0.25) is 0 Å². The molecular formula is C12H14Cl2O. The van der Waals surface area contributed by atoms with Gasteiger partial charge in [0.1, 0.15) is 5.38 Å². The maximum atomic E-state index is 11.6. The molecule has 1 unspecified atom stereocenters. The first-order chi connectivity index (χ1) is 7.06. The topological polar surface area (TPSA) is 17.1 Å². The van der Waals surface area contributed by atoms with Crippen molar-refractivity contribution in [1.29, 1.82) is 0 Å². The molecule has 82 valence electrons. The van der Waals surface area contributed by atoms with Gasteiger partial charge in [0.05, 0.1) is 0 Å². The highest BCUT2D eigenvalue weighted by Gasteiger charge is 2.15. The van der Waals surface area contributed by atoms with Crippen LogP contribution in [0.3, 0.4) is 0 Å². The lowest BCUT2D eigenvalue weighted by molar-refractivity contribution is 0.0992. The Labute approximate surface area is 100 Å². The number of rotatable bonds is 4. The summed E-state index contributed by atoms with van der Waals surface area (Å²) in [6.07, 6.45) is 0. The third kappa shape index (κ3) is 3.22. The number of benzene rings is 1. The number of halogens is 2. The molecule has 1 rings (SSSR count). The molecule has 0 N–H and O–H groups in total. The van der Waals surface area contributed by atoms with Gasteiger partial charge >= 0.3 is 0 Å². The number of hydrogen-bond donors (Lipinski definition) is 0. The fourth-order valence-corrected chi connectivity index (χ4v) is 1.55. The second-order valence-corrected chi connectivity index (χ2v) is 4.60. The van der Waals surface area contributed by atoms with Gasteiger partial charge in [-0.2, -0.15) is 0 Å². The lowest BCUT2D eigenvalue weighted by Gasteiger charge is -2.07. The Bertz CT molecular complexity index is 330. The summed E-state index contributed by atoms with van der Waals surface area (Å²) >= 11 is 11.3. The number of ketones is 1. The molecule has 0 aliphatic heterocycles. The van der Waals surface area contributed by atoms with E-state index in [0.717, 1.165) is 0 Å². The van der Waals surface area contributed by atoms with Crippen LogP contribution in [0.4, 0.5) is 0 Å². The molecule has 0 saturated carbocycles. The van der Waals surface area contributed by atoms with E-state index in [1.54, 1.807) is 12.1 Å². The maximum absolute atomic E-state index is 11.6. The maximum Gasteiger partial charge on any atom is 0.181 e. The van der Waals surface area contributed by atoms with Gasteiger partial charge in [-0.15, -0.1) is 23.2 Å². The van der Waals surface area contributed by atoms with Crippen molar-refractivity contribution in [1.82, 2.24) is 0 Å². The van der Waals surface area contributed by atoms with Gasteiger partial charge < -0.3 is 0 Å². The molecule has 0 amide bonds. The van der Waals surface area contributed by atoms with Crippen molar-refractivity contribution in [2.45, 2.75) is 25.1 Å². The molecule has 15 heavy (non-hydrogen) atoms. The third-order valence-corrected chi connectivity index (χ3v) is 3.10. The molecule has 1 nitrogen and oxygen atoms in total. The lowest BCUT2D eigenvalue weighted by atomic mass is 10.00. The monoisotopic (exact) mass is 244 g/mol. The van der Waals surface area contributed by atoms with E-state index in [0.29, 0.717) is 11.5 Å². The SMILES string of the molecule is CC(C)c1ccc(C(=O)C(Cl)CCl)cc1. The predicted octanol–water partition coefficient (Wildman–Crippen LogP) is 3.84. The van der Waals surface area contributed by atoms with E-state index in [1.807, 2.05) is 12.1 Å². The van der Waals surface area contributed by atoms with Gasteiger partial charge in [-0.05, 0) is 11.5 Å². The van der Waals surface area contributed by atoms with E-state index in [1.165, 1.54) is 5.56 Å². The largest absolute Gasteiger partial charge is 0.292 e. The van der Waals surface area contributed by atoms with E-state index in [2.05, 4.69) is 13.8 Å². The number of carbonyl (C=O) groups excluding carboxylic acids is 1. The molecule has 0 aromatic heterocycles. The highest BCUT2D eigenvalue weighted by Crippen LogP contribution is 2.16. The van der Waals surface area contributed by atoms with Gasteiger partial charge in [-0.25, -0.2) is 0 Å². The number of carbonyl (C=O) groups is 1. The van der Waals surface area contributed by atoms with Gasteiger partial charge in [0, 0.05) is 11.4 Å². The molecule has 0 heterocycles. The minimum absolute atomic E-state index is 0.109. The molecule has 1 aromatic carbocycles. The van der Waals surface area contributed by atoms with Gasteiger partial charge in [0.2, 0.25) is 0 Å². The molecular weight excluding hydrogens is 231 g/mol. The average Bonchev–Trinajstić information content (AvgIpc) is 2.27. The minimum atomic E-state index is -0.628. The Hall–Kier alpha value is -0.530. The Kier molecular flexibility index (Phi) is 4.62. The molecule has 0 spiro atoms. The summed E-state index contributed by atoms with van der Waals surface area (Å²) in [5, 5.41) is -0.628. The Morgan fingerprint density at radius 1 is 1.27 bits per heavy atom. The van der Waals surface area contributed by atoms with Crippen LogP contribution >= 0.6 is 23.2 Å². The normalized spacial score (nSPS) is 12.9. The highest BCUT2D eigenvalue weighted by atomic mass is 35.5. The summed E-state index contributed by atoms with van der Waals surface area (Å²) in [7, 11) is 0. The van der Waals surface area contributed by atoms with Crippen LogP contribution < -0.4 is 0 Å². The zero-order chi connectivity index (χ0) is 11.4. The van der Waals surface area contributed by atoms with Crippen LogP contribution in [-0.2, 0) is 0 Å². The van der Waals surface area contributed by atoms with E-state index in [-0.39, 0.29) is 11.7 Å². The first-order valence-corrected chi connectivity index (χ1v) is 5.87. The zero-order valence-electron chi connectivity index (χ0n) is 8.84. The molecule has 3 heteroatoms. The van der Waals surface area contributed by atoms with Crippen LogP contribution in [0.5, 0.6) is 0 Å². The predicted molar refractivity (Wildman–Crippen MR) is 65.2 cm³/mol. The standard InChI is InChI=1S/C12H14Cl2O/c1-8(2)9-3-5-10(6-4-9)12(15)11(14)7-13/h3-6,8,11H,7H2,1-2H3. The molecule has 0 aliphatic rings. The summed E-state index contributed by atoms with van der Waals surface area (Å²) in [5.74, 6) is 0.503. The first kappa shape index (κ1) is 12.5. The third-order valence-electron chi connectivity index (χ3n) is 2.28. The first-order valence-electron chi connectivity index (χ1n) is 4.90. The number of alkyl halides is 2. The second kappa shape index (κ2) is 5.53. The summed E-state index contributed by atoms with van der Waals surface area (Å²) in [6.45, 7) is 4.22. The van der Waals surface area contributed by atoms with Crippen LogP contribution in [0.25, 0.3) is 0 Å².